The van der Waals surface area contributed by atoms with E-state index in [9.17, 15) is 8.42 Å². The first-order chi connectivity index (χ1) is 7.92. The van der Waals surface area contributed by atoms with Crippen LogP contribution in [-0.4, -0.2) is 24.7 Å². The number of aromatic amines is 1. The quantitative estimate of drug-likeness (QED) is 0.864. The van der Waals surface area contributed by atoms with Crippen LogP contribution in [0.15, 0.2) is 17.3 Å². The van der Waals surface area contributed by atoms with Crippen molar-refractivity contribution < 1.29 is 8.42 Å². The second kappa shape index (κ2) is 4.42. The molecule has 1 fully saturated rings. The molecule has 0 bridgehead atoms. The van der Waals surface area contributed by atoms with Crippen LogP contribution in [-0.2, 0) is 10.0 Å². The normalized spacial score (nSPS) is 24.7. The summed E-state index contributed by atoms with van der Waals surface area (Å²) in [6, 6.07) is 0.0103. The first-order valence-corrected chi connectivity index (χ1v) is 7.41. The third kappa shape index (κ3) is 2.69. The molecule has 2 N–H and O–H groups in total. The van der Waals surface area contributed by atoms with Crippen molar-refractivity contribution in [2.75, 3.05) is 0 Å². The van der Waals surface area contributed by atoms with E-state index >= 15 is 0 Å². The van der Waals surface area contributed by atoms with Crippen molar-refractivity contribution in [2.45, 2.75) is 50.5 Å². The molecule has 1 aromatic heterocycles. The van der Waals surface area contributed by atoms with Gasteiger partial charge in [0, 0.05) is 12.2 Å². The molecule has 1 atom stereocenters. The average Bonchev–Trinajstić information content (AvgIpc) is 2.74. The fraction of sp³-hybridized carbons (Fsp3) is 0.727. The van der Waals surface area contributed by atoms with Gasteiger partial charge >= 0.3 is 0 Å². The van der Waals surface area contributed by atoms with Gasteiger partial charge in [0.05, 0.1) is 6.20 Å². The Hall–Kier alpha value is -0.880. The van der Waals surface area contributed by atoms with E-state index in [2.05, 4.69) is 28.8 Å². The summed E-state index contributed by atoms with van der Waals surface area (Å²) in [5.41, 5.74) is 0.0229. The third-order valence-electron chi connectivity index (χ3n) is 3.59. The Labute approximate surface area is 102 Å². The molecule has 0 radical (unpaired) electrons. The lowest BCUT2D eigenvalue weighted by Crippen LogP contribution is -2.46. The summed E-state index contributed by atoms with van der Waals surface area (Å²) in [5, 5.41) is 6.20. The average molecular weight is 257 g/mol. The molecule has 1 heterocycles. The first-order valence-electron chi connectivity index (χ1n) is 5.93. The van der Waals surface area contributed by atoms with Crippen LogP contribution < -0.4 is 4.72 Å². The van der Waals surface area contributed by atoms with Gasteiger partial charge in [0.1, 0.15) is 4.90 Å². The van der Waals surface area contributed by atoms with Crippen LogP contribution >= 0.6 is 0 Å². The SMILES string of the molecule is CC1(C)CCCCC1NS(=O)(=O)c1cn[nH]c1. The van der Waals surface area contributed by atoms with E-state index in [0.29, 0.717) is 0 Å². The monoisotopic (exact) mass is 257 g/mol. The zero-order chi connectivity index (χ0) is 12.5. The molecule has 5 nitrogen and oxygen atoms in total. The lowest BCUT2D eigenvalue weighted by atomic mass is 9.74. The standard InChI is InChI=1S/C11H19N3O2S/c1-11(2)6-4-3-5-10(11)14-17(15,16)9-7-12-13-8-9/h7-8,10,14H,3-6H2,1-2H3,(H,12,13). The van der Waals surface area contributed by atoms with Gasteiger partial charge < -0.3 is 0 Å². The van der Waals surface area contributed by atoms with Crippen LogP contribution in [0.1, 0.15) is 39.5 Å². The molecule has 0 spiro atoms. The predicted octanol–water partition coefficient (Wildman–Crippen LogP) is 1.66. The zero-order valence-corrected chi connectivity index (χ0v) is 11.0. The van der Waals surface area contributed by atoms with E-state index in [0.717, 1.165) is 19.3 Å². The zero-order valence-electron chi connectivity index (χ0n) is 10.2. The van der Waals surface area contributed by atoms with Gasteiger partial charge in [-0.1, -0.05) is 26.7 Å². The number of hydrogen-bond donors (Lipinski definition) is 2. The Bertz CT molecular complexity index is 465. The number of H-pyrrole nitrogens is 1. The van der Waals surface area contributed by atoms with Gasteiger partial charge in [-0.05, 0) is 18.3 Å². The molecular formula is C11H19N3O2S. The second-order valence-electron chi connectivity index (χ2n) is 5.34. The molecule has 6 heteroatoms. The molecular weight excluding hydrogens is 238 g/mol. The molecule has 1 unspecified atom stereocenters. The summed E-state index contributed by atoms with van der Waals surface area (Å²) in [4.78, 5) is 0.207. The van der Waals surface area contributed by atoms with Gasteiger partial charge in [-0.15, -0.1) is 0 Å². The van der Waals surface area contributed by atoms with Crippen molar-refractivity contribution in [3.63, 3.8) is 0 Å². The summed E-state index contributed by atoms with van der Waals surface area (Å²) in [6.45, 7) is 4.24. The molecule has 1 aliphatic rings. The van der Waals surface area contributed by atoms with E-state index in [1.54, 1.807) is 0 Å². The molecule has 0 saturated heterocycles. The number of hydrogen-bond acceptors (Lipinski definition) is 3. The van der Waals surface area contributed by atoms with Gasteiger partial charge in [0.25, 0.3) is 0 Å². The summed E-state index contributed by atoms with van der Waals surface area (Å²) in [6.07, 6.45) is 6.96. The van der Waals surface area contributed by atoms with Crippen LogP contribution in [0, 0.1) is 5.41 Å². The van der Waals surface area contributed by atoms with E-state index in [4.69, 9.17) is 0 Å². The Morgan fingerprint density at radius 3 is 2.82 bits per heavy atom. The van der Waals surface area contributed by atoms with Crippen molar-refractivity contribution in [1.29, 1.82) is 0 Å². The van der Waals surface area contributed by atoms with Crippen molar-refractivity contribution >= 4 is 10.0 Å². The minimum absolute atomic E-state index is 0.0103. The fourth-order valence-corrected chi connectivity index (χ4v) is 3.70. The highest BCUT2D eigenvalue weighted by Crippen LogP contribution is 2.36. The second-order valence-corrected chi connectivity index (χ2v) is 7.06. The van der Waals surface area contributed by atoms with E-state index in [1.807, 2.05) is 0 Å². The largest absolute Gasteiger partial charge is 0.284 e. The van der Waals surface area contributed by atoms with Crippen molar-refractivity contribution in [2.24, 2.45) is 5.41 Å². The minimum Gasteiger partial charge on any atom is -0.284 e. The number of aromatic nitrogens is 2. The molecule has 2 rings (SSSR count). The van der Waals surface area contributed by atoms with Crippen molar-refractivity contribution in [3.05, 3.63) is 12.4 Å². The molecule has 17 heavy (non-hydrogen) atoms. The van der Waals surface area contributed by atoms with Crippen molar-refractivity contribution in [1.82, 2.24) is 14.9 Å². The lowest BCUT2D eigenvalue weighted by molar-refractivity contribution is 0.188. The summed E-state index contributed by atoms with van der Waals surface area (Å²) in [5.74, 6) is 0. The third-order valence-corrected chi connectivity index (χ3v) is 5.03. The topological polar surface area (TPSA) is 74.8 Å². The van der Waals surface area contributed by atoms with Gasteiger partial charge in [0.2, 0.25) is 10.0 Å². The fourth-order valence-electron chi connectivity index (χ4n) is 2.35. The summed E-state index contributed by atoms with van der Waals surface area (Å²) >= 11 is 0. The maximum absolute atomic E-state index is 12.1. The molecule has 1 saturated carbocycles. The molecule has 0 amide bonds. The Balaban J connectivity index is 2.15. The highest BCUT2D eigenvalue weighted by molar-refractivity contribution is 7.89. The Morgan fingerprint density at radius 1 is 1.47 bits per heavy atom. The summed E-state index contributed by atoms with van der Waals surface area (Å²) < 4.78 is 27.0. The molecule has 0 aromatic carbocycles. The number of nitrogens with one attached hydrogen (secondary N) is 2. The molecule has 96 valence electrons. The molecule has 1 aliphatic carbocycles. The van der Waals surface area contributed by atoms with Gasteiger partial charge in [-0.3, -0.25) is 5.10 Å². The number of nitrogens with zero attached hydrogens (tertiary/aromatic N) is 1. The first kappa shape index (κ1) is 12.6. The van der Waals surface area contributed by atoms with Gasteiger partial charge in [-0.2, -0.15) is 5.10 Å². The maximum Gasteiger partial charge on any atom is 0.243 e. The minimum atomic E-state index is -3.43. The van der Waals surface area contributed by atoms with E-state index < -0.39 is 10.0 Å². The van der Waals surface area contributed by atoms with E-state index in [1.165, 1.54) is 18.8 Å². The van der Waals surface area contributed by atoms with Crippen molar-refractivity contribution in [3.8, 4) is 0 Å². The van der Waals surface area contributed by atoms with Crippen LogP contribution in [0.25, 0.3) is 0 Å². The number of rotatable bonds is 3. The smallest absolute Gasteiger partial charge is 0.243 e. The Morgan fingerprint density at radius 2 is 2.24 bits per heavy atom. The Kier molecular flexibility index (Phi) is 3.27. The predicted molar refractivity (Wildman–Crippen MR) is 64.9 cm³/mol. The van der Waals surface area contributed by atoms with Crippen LogP contribution in [0.2, 0.25) is 0 Å². The van der Waals surface area contributed by atoms with Crippen LogP contribution in [0.4, 0.5) is 0 Å². The van der Waals surface area contributed by atoms with Gasteiger partial charge in [0.15, 0.2) is 0 Å². The molecule has 0 aliphatic heterocycles. The summed E-state index contributed by atoms with van der Waals surface area (Å²) in [7, 11) is -3.43. The van der Waals surface area contributed by atoms with Crippen LogP contribution in [0.5, 0.6) is 0 Å². The van der Waals surface area contributed by atoms with Crippen LogP contribution in [0.3, 0.4) is 0 Å². The lowest BCUT2D eigenvalue weighted by Gasteiger charge is -2.38. The van der Waals surface area contributed by atoms with E-state index in [-0.39, 0.29) is 16.4 Å². The number of sulfonamides is 1. The highest BCUT2D eigenvalue weighted by atomic mass is 32.2. The highest BCUT2D eigenvalue weighted by Gasteiger charge is 2.35. The maximum atomic E-state index is 12.1. The van der Waals surface area contributed by atoms with Gasteiger partial charge in [-0.25, -0.2) is 13.1 Å². The molecule has 1 aromatic rings.